The molecule has 1 amide bonds. The Morgan fingerprint density at radius 1 is 1.00 bits per heavy atom. The molecule has 2 saturated heterocycles. The van der Waals surface area contributed by atoms with Crippen LogP contribution in [0.2, 0.25) is 0 Å². The lowest BCUT2D eigenvalue weighted by Gasteiger charge is -2.40. The summed E-state index contributed by atoms with van der Waals surface area (Å²) in [6.07, 6.45) is 4.89. The van der Waals surface area contributed by atoms with E-state index in [-0.39, 0.29) is 11.3 Å². The third-order valence-corrected chi connectivity index (χ3v) is 6.31. The van der Waals surface area contributed by atoms with Crippen molar-refractivity contribution in [2.45, 2.75) is 79.3 Å². The van der Waals surface area contributed by atoms with Gasteiger partial charge in [0.1, 0.15) is 0 Å². The van der Waals surface area contributed by atoms with E-state index in [0.29, 0.717) is 12.1 Å². The van der Waals surface area contributed by atoms with Crippen LogP contribution in [0.3, 0.4) is 0 Å². The number of nitrogens with one attached hydrogen (secondary N) is 1. The zero-order valence-corrected chi connectivity index (χ0v) is 17.5. The van der Waals surface area contributed by atoms with E-state index in [9.17, 15) is 4.79 Å². The van der Waals surface area contributed by atoms with Gasteiger partial charge in [0.25, 0.3) is 0 Å². The third kappa shape index (κ3) is 6.25. The number of nitrogens with zero attached hydrogens (tertiary/aromatic N) is 2. The smallest absolute Gasteiger partial charge is 0.225 e. The number of hydrogen-bond acceptors (Lipinski definition) is 3. The third-order valence-electron chi connectivity index (χ3n) is 6.31. The van der Waals surface area contributed by atoms with E-state index < -0.39 is 0 Å². The van der Waals surface area contributed by atoms with Crippen molar-refractivity contribution in [1.82, 2.24) is 15.1 Å². The molecule has 1 atom stereocenters. The van der Waals surface area contributed by atoms with Crippen LogP contribution in [0.15, 0.2) is 0 Å². The molecule has 0 spiro atoms. The maximum atomic E-state index is 12.1. The summed E-state index contributed by atoms with van der Waals surface area (Å²) in [4.78, 5) is 17.4. The van der Waals surface area contributed by atoms with Crippen molar-refractivity contribution in [1.29, 1.82) is 0 Å². The van der Waals surface area contributed by atoms with E-state index in [4.69, 9.17) is 0 Å². The molecule has 0 aromatic heterocycles. The Hall–Kier alpha value is -0.610. The predicted octanol–water partition coefficient (Wildman–Crippen LogP) is 3.37. The SMILES string of the molecule is CC(C)C(C)N1CCC(CN2CCC(NC(=O)C(C)(C)C)CC2)CC1. The van der Waals surface area contributed by atoms with Crippen molar-refractivity contribution < 1.29 is 4.79 Å². The first-order chi connectivity index (χ1) is 11.7. The molecule has 0 aromatic rings. The minimum Gasteiger partial charge on any atom is -0.353 e. The van der Waals surface area contributed by atoms with E-state index >= 15 is 0 Å². The molecule has 25 heavy (non-hydrogen) atoms. The van der Waals surface area contributed by atoms with E-state index in [1.165, 1.54) is 32.5 Å². The van der Waals surface area contributed by atoms with Gasteiger partial charge in [0.15, 0.2) is 0 Å². The summed E-state index contributed by atoms with van der Waals surface area (Å²) in [5, 5.41) is 3.24. The van der Waals surface area contributed by atoms with Gasteiger partial charge in [-0.15, -0.1) is 0 Å². The molecule has 2 aliphatic rings. The van der Waals surface area contributed by atoms with Gasteiger partial charge in [-0.2, -0.15) is 0 Å². The van der Waals surface area contributed by atoms with Gasteiger partial charge in [-0.1, -0.05) is 34.6 Å². The second-order valence-corrected chi connectivity index (χ2v) is 9.76. The second kappa shape index (κ2) is 8.85. The van der Waals surface area contributed by atoms with Gasteiger partial charge in [-0.05, 0) is 57.5 Å². The summed E-state index contributed by atoms with van der Waals surface area (Å²) in [5.74, 6) is 1.80. The molecule has 0 saturated carbocycles. The molecular formula is C21H41N3O. The van der Waals surface area contributed by atoms with Gasteiger partial charge in [0.2, 0.25) is 5.91 Å². The van der Waals surface area contributed by atoms with Crippen molar-refractivity contribution in [3.8, 4) is 0 Å². The molecular weight excluding hydrogens is 310 g/mol. The van der Waals surface area contributed by atoms with Crippen LogP contribution < -0.4 is 5.32 Å². The average Bonchev–Trinajstić information content (AvgIpc) is 2.55. The predicted molar refractivity (Wildman–Crippen MR) is 106 cm³/mol. The Balaban J connectivity index is 1.67. The molecule has 2 fully saturated rings. The van der Waals surface area contributed by atoms with Crippen LogP contribution >= 0.6 is 0 Å². The monoisotopic (exact) mass is 351 g/mol. The maximum absolute atomic E-state index is 12.1. The maximum Gasteiger partial charge on any atom is 0.225 e. The van der Waals surface area contributed by atoms with E-state index in [0.717, 1.165) is 37.8 Å². The highest BCUT2D eigenvalue weighted by Crippen LogP contribution is 2.24. The first-order valence-electron chi connectivity index (χ1n) is 10.4. The molecule has 2 rings (SSSR count). The van der Waals surface area contributed by atoms with Crippen LogP contribution in [0.1, 0.15) is 67.2 Å². The normalized spacial score (nSPS) is 23.8. The lowest BCUT2D eigenvalue weighted by molar-refractivity contribution is -0.129. The fourth-order valence-electron chi connectivity index (χ4n) is 3.99. The summed E-state index contributed by atoms with van der Waals surface area (Å²) in [6, 6.07) is 1.08. The number of amides is 1. The topological polar surface area (TPSA) is 35.6 Å². The molecule has 1 N–H and O–H groups in total. The Labute approximate surface area is 155 Å². The van der Waals surface area contributed by atoms with Crippen molar-refractivity contribution >= 4 is 5.91 Å². The number of likely N-dealkylation sites (tertiary alicyclic amines) is 2. The van der Waals surface area contributed by atoms with Gasteiger partial charge in [-0.3, -0.25) is 4.79 Å². The molecule has 4 nitrogen and oxygen atoms in total. The first-order valence-corrected chi connectivity index (χ1v) is 10.4. The highest BCUT2D eigenvalue weighted by molar-refractivity contribution is 5.81. The summed E-state index contributed by atoms with van der Waals surface area (Å²) in [6.45, 7) is 19.1. The van der Waals surface area contributed by atoms with Crippen LogP contribution in [-0.2, 0) is 4.79 Å². The molecule has 0 aliphatic carbocycles. The summed E-state index contributed by atoms with van der Waals surface area (Å²) < 4.78 is 0. The fourth-order valence-corrected chi connectivity index (χ4v) is 3.99. The van der Waals surface area contributed by atoms with Crippen molar-refractivity contribution in [2.24, 2.45) is 17.3 Å². The summed E-state index contributed by atoms with van der Waals surface area (Å²) >= 11 is 0. The van der Waals surface area contributed by atoms with Crippen LogP contribution in [-0.4, -0.2) is 60.5 Å². The summed E-state index contributed by atoms with van der Waals surface area (Å²) in [5.41, 5.74) is -0.280. The number of rotatable bonds is 5. The molecule has 0 radical (unpaired) electrons. The van der Waals surface area contributed by atoms with Gasteiger partial charge in [0.05, 0.1) is 0 Å². The number of carbonyl (C=O) groups excluding carboxylic acids is 1. The van der Waals surface area contributed by atoms with Crippen LogP contribution in [0.25, 0.3) is 0 Å². The van der Waals surface area contributed by atoms with Gasteiger partial charge >= 0.3 is 0 Å². The van der Waals surface area contributed by atoms with Crippen molar-refractivity contribution in [3.63, 3.8) is 0 Å². The standard InChI is InChI=1S/C21H41N3O/c1-16(2)17(3)24-13-7-18(8-14-24)15-23-11-9-19(10-12-23)22-20(25)21(4,5)6/h16-19H,7-15H2,1-6H3,(H,22,25). The molecule has 146 valence electrons. The molecule has 4 heteroatoms. The van der Waals surface area contributed by atoms with Crippen LogP contribution in [0.4, 0.5) is 0 Å². The van der Waals surface area contributed by atoms with Crippen molar-refractivity contribution in [2.75, 3.05) is 32.7 Å². The zero-order chi connectivity index (χ0) is 18.6. The Morgan fingerprint density at radius 2 is 1.56 bits per heavy atom. The fraction of sp³-hybridized carbons (Fsp3) is 0.952. The van der Waals surface area contributed by atoms with Crippen LogP contribution in [0.5, 0.6) is 0 Å². The van der Waals surface area contributed by atoms with Gasteiger partial charge in [-0.25, -0.2) is 0 Å². The molecule has 0 aromatic carbocycles. The average molecular weight is 352 g/mol. The molecule has 2 aliphatic heterocycles. The zero-order valence-electron chi connectivity index (χ0n) is 17.5. The Morgan fingerprint density at radius 3 is 2.04 bits per heavy atom. The first kappa shape index (κ1) is 20.7. The van der Waals surface area contributed by atoms with Gasteiger partial charge < -0.3 is 15.1 Å². The Kier molecular flexibility index (Phi) is 7.33. The second-order valence-electron chi connectivity index (χ2n) is 9.76. The molecule has 1 unspecified atom stereocenters. The molecule has 0 bridgehead atoms. The largest absolute Gasteiger partial charge is 0.353 e. The van der Waals surface area contributed by atoms with E-state index in [1.807, 2.05) is 20.8 Å². The number of carbonyl (C=O) groups is 1. The highest BCUT2D eigenvalue weighted by Gasteiger charge is 2.29. The Bertz CT molecular complexity index is 413. The highest BCUT2D eigenvalue weighted by atomic mass is 16.2. The lowest BCUT2D eigenvalue weighted by Crippen LogP contribution is -2.49. The quantitative estimate of drug-likeness (QED) is 0.825. The number of piperidine rings is 2. The lowest BCUT2D eigenvalue weighted by atomic mass is 9.92. The minimum atomic E-state index is -0.280. The minimum absolute atomic E-state index is 0.192. The van der Waals surface area contributed by atoms with E-state index in [1.54, 1.807) is 0 Å². The van der Waals surface area contributed by atoms with E-state index in [2.05, 4.69) is 35.9 Å². The van der Waals surface area contributed by atoms with Crippen molar-refractivity contribution in [3.05, 3.63) is 0 Å². The molecule has 2 heterocycles. The van der Waals surface area contributed by atoms with Gasteiger partial charge in [0, 0.05) is 37.1 Å². The summed E-state index contributed by atoms with van der Waals surface area (Å²) in [7, 11) is 0. The number of hydrogen-bond donors (Lipinski definition) is 1. The van der Waals surface area contributed by atoms with Crippen LogP contribution in [0, 0.1) is 17.3 Å².